The molecule has 0 aliphatic rings. The van der Waals surface area contributed by atoms with Gasteiger partial charge in [-0.25, -0.2) is 0 Å². The molecule has 0 saturated heterocycles. The van der Waals surface area contributed by atoms with Crippen molar-refractivity contribution in [3.8, 4) is 0 Å². The predicted molar refractivity (Wildman–Crippen MR) is 81.2 cm³/mol. The maximum atomic E-state index is 11.9. The third-order valence-corrected chi connectivity index (χ3v) is 4.88. The minimum Gasteiger partial charge on any atom is -0.351 e. The van der Waals surface area contributed by atoms with E-state index >= 15 is 0 Å². The van der Waals surface area contributed by atoms with Gasteiger partial charge in [0.2, 0.25) is 0 Å². The second-order valence-electron chi connectivity index (χ2n) is 3.94. The number of alkyl halides is 1. The second kappa shape index (κ2) is 8.27. The van der Waals surface area contributed by atoms with Crippen LogP contribution in [0.3, 0.4) is 0 Å². The van der Waals surface area contributed by atoms with Crippen molar-refractivity contribution in [2.24, 2.45) is 5.92 Å². The highest BCUT2D eigenvalue weighted by molar-refractivity contribution is 9.10. The average Bonchev–Trinajstić information content (AvgIpc) is 2.72. The molecule has 1 atom stereocenters. The highest BCUT2D eigenvalue weighted by Crippen LogP contribution is 2.22. The van der Waals surface area contributed by atoms with Crippen LogP contribution in [-0.4, -0.2) is 17.8 Å². The molecule has 0 fully saturated rings. The number of nitrogens with one attached hydrogen (secondary N) is 1. The molecule has 1 unspecified atom stereocenters. The zero-order valence-corrected chi connectivity index (χ0v) is 13.8. The molecular formula is C12H17Br2NOS. The van der Waals surface area contributed by atoms with Gasteiger partial charge in [-0.05, 0) is 46.1 Å². The molecule has 0 aromatic carbocycles. The third kappa shape index (κ3) is 5.10. The Bertz CT molecular complexity index is 348. The van der Waals surface area contributed by atoms with Gasteiger partial charge < -0.3 is 5.32 Å². The number of carbonyl (C=O) groups is 1. The lowest BCUT2D eigenvalue weighted by molar-refractivity contribution is 0.0949. The first-order valence-corrected chi connectivity index (χ1v) is 8.55. The highest BCUT2D eigenvalue weighted by atomic mass is 79.9. The molecule has 0 radical (unpaired) electrons. The Morgan fingerprint density at radius 3 is 2.82 bits per heavy atom. The summed E-state index contributed by atoms with van der Waals surface area (Å²) in [7, 11) is 0. The Labute approximate surface area is 123 Å². The van der Waals surface area contributed by atoms with Crippen LogP contribution in [0.25, 0.3) is 0 Å². The number of carbonyl (C=O) groups excluding carboxylic acids is 1. The Morgan fingerprint density at radius 2 is 2.29 bits per heavy atom. The summed E-state index contributed by atoms with van der Waals surface area (Å²) < 4.78 is 0.882. The molecule has 1 N–H and O–H groups in total. The van der Waals surface area contributed by atoms with Crippen molar-refractivity contribution in [3.63, 3.8) is 0 Å². The van der Waals surface area contributed by atoms with E-state index in [0.29, 0.717) is 5.92 Å². The monoisotopic (exact) mass is 381 g/mol. The number of rotatable bonds is 7. The summed E-state index contributed by atoms with van der Waals surface area (Å²) in [6, 6.07) is 1.90. The van der Waals surface area contributed by atoms with Crippen LogP contribution < -0.4 is 5.32 Å². The topological polar surface area (TPSA) is 29.1 Å². The van der Waals surface area contributed by atoms with Crippen molar-refractivity contribution in [2.45, 2.75) is 26.2 Å². The SMILES string of the molecule is CCCC(CCBr)CNC(=O)c1sccc1Br. The van der Waals surface area contributed by atoms with E-state index in [1.807, 2.05) is 11.4 Å². The molecule has 5 heteroatoms. The summed E-state index contributed by atoms with van der Waals surface area (Å²) in [4.78, 5) is 12.7. The van der Waals surface area contributed by atoms with Crippen molar-refractivity contribution < 1.29 is 4.79 Å². The first-order valence-electron chi connectivity index (χ1n) is 5.76. The Morgan fingerprint density at radius 1 is 1.53 bits per heavy atom. The van der Waals surface area contributed by atoms with Gasteiger partial charge in [0.25, 0.3) is 5.91 Å². The van der Waals surface area contributed by atoms with Crippen LogP contribution in [0.15, 0.2) is 15.9 Å². The lowest BCUT2D eigenvalue weighted by atomic mass is 10.0. The van der Waals surface area contributed by atoms with Gasteiger partial charge in [-0.15, -0.1) is 11.3 Å². The fraction of sp³-hybridized carbons (Fsp3) is 0.583. The van der Waals surface area contributed by atoms with Crippen molar-refractivity contribution >= 4 is 49.1 Å². The molecule has 0 aliphatic heterocycles. The van der Waals surface area contributed by atoms with Gasteiger partial charge in [0, 0.05) is 16.3 Å². The van der Waals surface area contributed by atoms with Crippen molar-refractivity contribution in [1.29, 1.82) is 0 Å². The van der Waals surface area contributed by atoms with Gasteiger partial charge in [-0.1, -0.05) is 29.3 Å². The van der Waals surface area contributed by atoms with Crippen LogP contribution in [0.5, 0.6) is 0 Å². The molecule has 0 aliphatic carbocycles. The molecule has 0 saturated carbocycles. The number of amides is 1. The first-order chi connectivity index (χ1) is 8.19. The first kappa shape index (κ1) is 15.2. The zero-order valence-electron chi connectivity index (χ0n) is 9.84. The van der Waals surface area contributed by atoms with Gasteiger partial charge in [-0.3, -0.25) is 4.79 Å². The van der Waals surface area contributed by atoms with Crippen LogP contribution >= 0.6 is 43.2 Å². The molecule has 1 aromatic heterocycles. The smallest absolute Gasteiger partial charge is 0.262 e. The van der Waals surface area contributed by atoms with E-state index in [2.05, 4.69) is 44.1 Å². The number of hydrogen-bond acceptors (Lipinski definition) is 2. The predicted octanol–water partition coefficient (Wildman–Crippen LogP) is 4.44. The summed E-state index contributed by atoms with van der Waals surface area (Å²) in [5.74, 6) is 0.601. The standard InChI is InChI=1S/C12H17Br2NOS/c1-2-3-9(4-6-13)8-15-12(16)11-10(14)5-7-17-11/h5,7,9H,2-4,6,8H2,1H3,(H,15,16). The van der Waals surface area contributed by atoms with E-state index in [-0.39, 0.29) is 5.91 Å². The lowest BCUT2D eigenvalue weighted by Crippen LogP contribution is -2.29. The second-order valence-corrected chi connectivity index (χ2v) is 6.50. The Balaban J connectivity index is 2.43. The van der Waals surface area contributed by atoms with Crippen LogP contribution in [-0.2, 0) is 0 Å². The minimum atomic E-state index is 0.0301. The van der Waals surface area contributed by atoms with E-state index in [9.17, 15) is 4.79 Å². The maximum absolute atomic E-state index is 11.9. The van der Waals surface area contributed by atoms with Crippen LogP contribution in [0, 0.1) is 5.92 Å². The molecule has 0 spiro atoms. The van der Waals surface area contributed by atoms with Gasteiger partial charge in [0.15, 0.2) is 0 Å². The molecule has 2 nitrogen and oxygen atoms in total. The Hall–Kier alpha value is 0.130. The maximum Gasteiger partial charge on any atom is 0.262 e. The van der Waals surface area contributed by atoms with Gasteiger partial charge in [0.1, 0.15) is 4.88 Å². The summed E-state index contributed by atoms with van der Waals surface area (Å²) in [6.07, 6.45) is 3.44. The fourth-order valence-electron chi connectivity index (χ4n) is 1.68. The number of hydrogen-bond donors (Lipinski definition) is 1. The summed E-state index contributed by atoms with van der Waals surface area (Å²) in [6.45, 7) is 2.95. The van der Waals surface area contributed by atoms with Gasteiger partial charge in [0.05, 0.1) is 0 Å². The molecule has 17 heavy (non-hydrogen) atoms. The van der Waals surface area contributed by atoms with E-state index in [1.54, 1.807) is 0 Å². The zero-order chi connectivity index (χ0) is 12.7. The largest absolute Gasteiger partial charge is 0.351 e. The molecule has 1 aromatic rings. The molecule has 1 amide bonds. The van der Waals surface area contributed by atoms with Crippen LogP contribution in [0.1, 0.15) is 35.9 Å². The van der Waals surface area contributed by atoms with Crippen LogP contribution in [0.4, 0.5) is 0 Å². The van der Waals surface area contributed by atoms with E-state index < -0.39 is 0 Å². The lowest BCUT2D eigenvalue weighted by Gasteiger charge is -2.15. The summed E-state index contributed by atoms with van der Waals surface area (Å²) in [5.41, 5.74) is 0. The number of halogens is 2. The van der Waals surface area contributed by atoms with Crippen molar-refractivity contribution in [3.05, 3.63) is 20.8 Å². The van der Waals surface area contributed by atoms with Crippen molar-refractivity contribution in [1.82, 2.24) is 5.32 Å². The molecule has 96 valence electrons. The molecular weight excluding hydrogens is 366 g/mol. The van der Waals surface area contributed by atoms with Gasteiger partial charge >= 0.3 is 0 Å². The Kier molecular flexibility index (Phi) is 7.39. The summed E-state index contributed by atoms with van der Waals surface area (Å²) in [5, 5.41) is 5.93. The van der Waals surface area contributed by atoms with Crippen molar-refractivity contribution in [2.75, 3.05) is 11.9 Å². The van der Waals surface area contributed by atoms with Crippen LogP contribution in [0.2, 0.25) is 0 Å². The quantitative estimate of drug-likeness (QED) is 0.693. The normalized spacial score (nSPS) is 12.4. The van der Waals surface area contributed by atoms with E-state index in [4.69, 9.17) is 0 Å². The highest BCUT2D eigenvalue weighted by Gasteiger charge is 2.13. The molecule has 1 rings (SSSR count). The van der Waals surface area contributed by atoms with E-state index in [1.165, 1.54) is 11.3 Å². The fourth-order valence-corrected chi connectivity index (χ4v) is 3.80. The molecule has 0 bridgehead atoms. The van der Waals surface area contributed by atoms with Gasteiger partial charge in [-0.2, -0.15) is 0 Å². The summed E-state index contributed by atoms with van der Waals surface area (Å²) >= 11 is 8.30. The van der Waals surface area contributed by atoms with E-state index in [0.717, 1.165) is 40.5 Å². The average molecular weight is 383 g/mol. The number of thiophene rings is 1. The third-order valence-electron chi connectivity index (χ3n) is 2.59. The molecule has 1 heterocycles. The minimum absolute atomic E-state index is 0.0301.